The fourth-order valence-electron chi connectivity index (χ4n) is 4.74. The van der Waals surface area contributed by atoms with Crippen LogP contribution in [0.4, 0.5) is 11.4 Å². The van der Waals surface area contributed by atoms with Crippen molar-refractivity contribution in [2.75, 3.05) is 50.3 Å². The molecular formula is C35H44N2O15S3. The second-order valence-corrected chi connectivity index (χ2v) is 16.7. The van der Waals surface area contributed by atoms with Gasteiger partial charge in [0, 0.05) is 37.2 Å². The lowest BCUT2D eigenvalue weighted by Crippen LogP contribution is -2.13. The van der Waals surface area contributed by atoms with Gasteiger partial charge < -0.3 is 18.9 Å². The molecule has 17 nitrogen and oxygen atoms in total. The normalized spacial score (nSPS) is 12.1. The molecule has 0 aliphatic carbocycles. The molecule has 0 aliphatic heterocycles. The van der Waals surface area contributed by atoms with E-state index in [-0.39, 0.29) is 99.5 Å². The van der Waals surface area contributed by atoms with Crippen LogP contribution in [0.25, 0.3) is 0 Å². The summed E-state index contributed by atoms with van der Waals surface area (Å²) in [7, 11) is -12.9. The quantitative estimate of drug-likeness (QED) is 0.0360. The Morgan fingerprint density at radius 3 is 1.38 bits per heavy atom. The van der Waals surface area contributed by atoms with E-state index in [1.54, 1.807) is 24.3 Å². The molecule has 3 N–H and O–H groups in total. The number of azo groups is 1. The standard InChI is InChI=1S/C35H44N2O15S3/c38-31(27-13-15-30(16-14-27)37-36-29-9-2-1-3-10-29)11-4-17-49-18-5-12-32(39)28-25-33(50-19-6-22-53(40,41)42)35(52-21-8-24-55(46,47)48)34(26-28)51-20-7-23-54(43,44)45/h1-3,9-10,13-16,25-26H,4-8,11-12,17-24H2,(H,40,41,42)(H,43,44,45)(H,46,47,48). The first kappa shape index (κ1) is 45.1. The zero-order chi connectivity index (χ0) is 40.3. The highest BCUT2D eigenvalue weighted by molar-refractivity contribution is 7.86. The monoisotopic (exact) mass is 828 g/mol. The average molecular weight is 829 g/mol. The van der Waals surface area contributed by atoms with Gasteiger partial charge in [0.25, 0.3) is 30.4 Å². The topological polar surface area (TPSA) is 259 Å². The van der Waals surface area contributed by atoms with E-state index in [9.17, 15) is 34.8 Å². The molecule has 55 heavy (non-hydrogen) atoms. The van der Waals surface area contributed by atoms with Crippen LogP contribution in [0.5, 0.6) is 17.2 Å². The molecule has 0 saturated heterocycles. The van der Waals surface area contributed by atoms with E-state index in [1.807, 2.05) is 30.3 Å². The van der Waals surface area contributed by atoms with Crippen LogP contribution in [-0.4, -0.2) is 101 Å². The number of hydrogen-bond donors (Lipinski definition) is 3. The van der Waals surface area contributed by atoms with Gasteiger partial charge in [-0.25, -0.2) is 0 Å². The number of carbonyl (C=O) groups is 2. The summed E-state index contributed by atoms with van der Waals surface area (Å²) in [6.07, 6.45) is 0.537. The maximum Gasteiger partial charge on any atom is 0.264 e. The summed E-state index contributed by atoms with van der Waals surface area (Å²) in [5.74, 6) is -2.63. The molecule has 0 bridgehead atoms. The van der Waals surface area contributed by atoms with E-state index < -0.39 is 47.6 Å². The lowest BCUT2D eigenvalue weighted by Gasteiger charge is -2.18. The zero-order valence-corrected chi connectivity index (χ0v) is 32.3. The van der Waals surface area contributed by atoms with Crippen LogP contribution in [-0.2, 0) is 35.1 Å². The Kier molecular flexibility index (Phi) is 18.3. The van der Waals surface area contributed by atoms with Crippen molar-refractivity contribution in [2.24, 2.45) is 10.2 Å². The number of carbonyl (C=O) groups excluding carboxylic acids is 2. The Labute approximate surface area is 320 Å². The van der Waals surface area contributed by atoms with E-state index >= 15 is 0 Å². The first-order valence-electron chi connectivity index (χ1n) is 17.1. The zero-order valence-electron chi connectivity index (χ0n) is 29.8. The number of ether oxygens (including phenoxy) is 4. The molecule has 0 saturated carbocycles. The maximum atomic E-state index is 13.2. The molecule has 3 aromatic carbocycles. The average Bonchev–Trinajstić information content (AvgIpc) is 3.12. The maximum absolute atomic E-state index is 13.2. The van der Waals surface area contributed by atoms with Crippen LogP contribution in [0.2, 0.25) is 0 Å². The van der Waals surface area contributed by atoms with Gasteiger partial charge >= 0.3 is 0 Å². The predicted octanol–water partition coefficient (Wildman–Crippen LogP) is 5.71. The van der Waals surface area contributed by atoms with E-state index in [1.165, 1.54) is 12.1 Å². The van der Waals surface area contributed by atoms with E-state index in [0.717, 1.165) is 0 Å². The smallest absolute Gasteiger partial charge is 0.264 e. The number of Topliss-reactive ketones (excluding diaryl/α,β-unsaturated/α-hetero) is 2. The van der Waals surface area contributed by atoms with Crippen LogP contribution in [0.3, 0.4) is 0 Å². The van der Waals surface area contributed by atoms with Crippen molar-refractivity contribution < 1.29 is 67.4 Å². The third-order valence-electron chi connectivity index (χ3n) is 7.36. The first-order chi connectivity index (χ1) is 26.0. The highest BCUT2D eigenvalue weighted by Gasteiger charge is 2.20. The van der Waals surface area contributed by atoms with Crippen molar-refractivity contribution in [1.29, 1.82) is 0 Å². The highest BCUT2D eigenvalue weighted by Crippen LogP contribution is 2.40. The molecule has 0 fully saturated rings. The number of benzene rings is 3. The van der Waals surface area contributed by atoms with Crippen LogP contribution < -0.4 is 14.2 Å². The number of nitrogens with zero attached hydrogens (tertiary/aromatic N) is 2. The van der Waals surface area contributed by atoms with Crippen molar-refractivity contribution in [3.05, 3.63) is 77.9 Å². The fourth-order valence-corrected chi connectivity index (χ4v) is 6.19. The third-order valence-corrected chi connectivity index (χ3v) is 9.77. The molecule has 0 heterocycles. The van der Waals surface area contributed by atoms with Gasteiger partial charge in [-0.1, -0.05) is 18.2 Å². The van der Waals surface area contributed by atoms with E-state index in [2.05, 4.69) is 10.2 Å². The van der Waals surface area contributed by atoms with Crippen molar-refractivity contribution >= 4 is 53.3 Å². The minimum Gasteiger partial charge on any atom is -0.489 e. The minimum atomic E-state index is -4.30. The van der Waals surface area contributed by atoms with Crippen LogP contribution in [0.15, 0.2) is 77.0 Å². The summed E-state index contributed by atoms with van der Waals surface area (Å²) < 4.78 is 117. The fraction of sp³-hybridized carbons (Fsp3) is 0.429. The van der Waals surface area contributed by atoms with Crippen molar-refractivity contribution in [2.45, 2.75) is 44.9 Å². The number of hydrogen-bond acceptors (Lipinski definition) is 14. The van der Waals surface area contributed by atoms with Gasteiger partial charge in [-0.05, 0) is 80.6 Å². The summed E-state index contributed by atoms with van der Waals surface area (Å²) in [5, 5.41) is 8.32. The highest BCUT2D eigenvalue weighted by atomic mass is 32.2. The second-order valence-electron chi connectivity index (χ2n) is 12.0. The van der Waals surface area contributed by atoms with Crippen LogP contribution in [0.1, 0.15) is 65.7 Å². The van der Waals surface area contributed by atoms with Crippen LogP contribution in [0, 0.1) is 0 Å². The molecule has 0 unspecified atom stereocenters. The van der Waals surface area contributed by atoms with Crippen LogP contribution >= 0.6 is 0 Å². The van der Waals surface area contributed by atoms with Crippen molar-refractivity contribution in [3.63, 3.8) is 0 Å². The first-order valence-corrected chi connectivity index (χ1v) is 21.9. The molecule has 302 valence electrons. The van der Waals surface area contributed by atoms with Gasteiger partial charge in [0.15, 0.2) is 23.1 Å². The molecular weight excluding hydrogens is 785 g/mol. The molecule has 0 aliphatic rings. The van der Waals surface area contributed by atoms with Gasteiger partial charge in [-0.2, -0.15) is 35.5 Å². The molecule has 0 spiro atoms. The van der Waals surface area contributed by atoms with E-state index in [0.29, 0.717) is 29.8 Å². The summed E-state index contributed by atoms with van der Waals surface area (Å²) in [4.78, 5) is 25.9. The summed E-state index contributed by atoms with van der Waals surface area (Å²) in [5.41, 5.74) is 1.93. The summed E-state index contributed by atoms with van der Waals surface area (Å²) in [6, 6.07) is 18.6. The molecule has 20 heteroatoms. The molecule has 0 atom stereocenters. The van der Waals surface area contributed by atoms with Gasteiger partial charge in [0.05, 0.1) is 48.5 Å². The molecule has 0 amide bonds. The Balaban J connectivity index is 1.57. The Morgan fingerprint density at radius 1 is 0.509 bits per heavy atom. The minimum absolute atomic E-state index is 0.00580. The van der Waals surface area contributed by atoms with E-state index in [4.69, 9.17) is 32.6 Å². The lowest BCUT2D eigenvalue weighted by molar-refractivity contribution is 0.0906. The number of ketones is 2. The van der Waals surface area contributed by atoms with Gasteiger partial charge in [0.2, 0.25) is 5.75 Å². The van der Waals surface area contributed by atoms with Gasteiger partial charge in [-0.3, -0.25) is 23.2 Å². The largest absolute Gasteiger partial charge is 0.489 e. The molecule has 3 aromatic rings. The van der Waals surface area contributed by atoms with Crippen molar-refractivity contribution in [3.8, 4) is 17.2 Å². The summed E-state index contributed by atoms with van der Waals surface area (Å²) in [6.45, 7) is -0.316. The second kappa shape index (κ2) is 22.3. The van der Waals surface area contributed by atoms with Crippen molar-refractivity contribution in [1.82, 2.24) is 0 Å². The predicted molar refractivity (Wildman–Crippen MR) is 201 cm³/mol. The molecule has 0 aromatic heterocycles. The SMILES string of the molecule is O=C(CCCOCCCC(=O)c1cc(OCCCS(=O)(=O)O)c(OCCCS(=O)(=O)O)c(OCCCS(=O)(=O)O)c1)c1ccc(N=Nc2ccccc2)cc1. The number of rotatable bonds is 27. The Bertz CT molecular complexity index is 2000. The van der Waals surface area contributed by atoms with Gasteiger partial charge in [-0.15, -0.1) is 0 Å². The third kappa shape index (κ3) is 19.2. The Morgan fingerprint density at radius 2 is 0.927 bits per heavy atom. The Hall–Kier alpha value is -4.31. The van der Waals surface area contributed by atoms with Gasteiger partial charge in [0.1, 0.15) is 0 Å². The molecule has 3 rings (SSSR count). The molecule has 0 radical (unpaired) electrons. The summed E-state index contributed by atoms with van der Waals surface area (Å²) >= 11 is 0. The lowest BCUT2D eigenvalue weighted by atomic mass is 10.1.